The number of hydrogen-bond donors (Lipinski definition) is 2. The van der Waals surface area contributed by atoms with Crippen molar-refractivity contribution in [2.45, 2.75) is 65.3 Å². The van der Waals surface area contributed by atoms with Crippen LogP contribution in [0.4, 0.5) is 0 Å². The summed E-state index contributed by atoms with van der Waals surface area (Å²) >= 11 is 0. The van der Waals surface area contributed by atoms with Crippen LogP contribution in [0.5, 0.6) is 0 Å². The number of rotatable bonds is 10. The van der Waals surface area contributed by atoms with E-state index in [0.29, 0.717) is 17.9 Å². The SMILES string of the molecule is CCNC(=NCC(CC(C)C)N1CCCC1)NCCCN1CCCC1=O.I. The Kier molecular flexibility index (Phi) is 12.3. The van der Waals surface area contributed by atoms with Crippen molar-refractivity contribution in [3.05, 3.63) is 0 Å². The average Bonchev–Trinajstić information content (AvgIpc) is 3.27. The van der Waals surface area contributed by atoms with Crippen LogP contribution in [-0.4, -0.2) is 73.5 Å². The van der Waals surface area contributed by atoms with Crippen LogP contribution in [0.3, 0.4) is 0 Å². The van der Waals surface area contributed by atoms with Crippen molar-refractivity contribution in [3.8, 4) is 0 Å². The molecule has 1 amide bonds. The molecule has 0 aliphatic carbocycles. The van der Waals surface area contributed by atoms with E-state index in [1.54, 1.807) is 0 Å². The molecule has 1 atom stereocenters. The molecule has 158 valence electrons. The van der Waals surface area contributed by atoms with E-state index >= 15 is 0 Å². The second-order valence-electron chi connectivity index (χ2n) is 8.01. The molecule has 2 aliphatic heterocycles. The number of aliphatic imine (C=N–C) groups is 1. The molecule has 2 heterocycles. The third-order valence-corrected chi connectivity index (χ3v) is 5.27. The zero-order chi connectivity index (χ0) is 18.8. The molecule has 1 unspecified atom stereocenters. The van der Waals surface area contributed by atoms with Gasteiger partial charge in [0.15, 0.2) is 5.96 Å². The van der Waals surface area contributed by atoms with Gasteiger partial charge in [-0.05, 0) is 58.0 Å². The van der Waals surface area contributed by atoms with Crippen LogP contribution in [0.25, 0.3) is 0 Å². The van der Waals surface area contributed by atoms with Gasteiger partial charge >= 0.3 is 0 Å². The Balaban J connectivity index is 0.00000364. The van der Waals surface area contributed by atoms with E-state index in [2.05, 4.69) is 36.3 Å². The van der Waals surface area contributed by atoms with E-state index in [4.69, 9.17) is 4.99 Å². The molecule has 2 fully saturated rings. The van der Waals surface area contributed by atoms with Gasteiger partial charge in [0.2, 0.25) is 5.91 Å². The molecule has 0 aromatic rings. The highest BCUT2D eigenvalue weighted by atomic mass is 127. The fourth-order valence-corrected chi connectivity index (χ4v) is 3.95. The molecule has 0 radical (unpaired) electrons. The molecule has 2 rings (SSSR count). The molecular formula is C20H40IN5O. The summed E-state index contributed by atoms with van der Waals surface area (Å²) in [5.74, 6) is 1.92. The molecule has 0 aromatic heterocycles. The second kappa shape index (κ2) is 13.6. The Morgan fingerprint density at radius 1 is 1.15 bits per heavy atom. The average molecular weight is 493 g/mol. The minimum atomic E-state index is 0. The maximum Gasteiger partial charge on any atom is 0.222 e. The minimum Gasteiger partial charge on any atom is -0.357 e. The van der Waals surface area contributed by atoms with Crippen LogP contribution in [0, 0.1) is 5.92 Å². The van der Waals surface area contributed by atoms with E-state index in [-0.39, 0.29) is 24.0 Å². The molecular weight excluding hydrogens is 453 g/mol. The van der Waals surface area contributed by atoms with Crippen molar-refractivity contribution in [3.63, 3.8) is 0 Å². The lowest BCUT2D eigenvalue weighted by atomic mass is 10.0. The molecule has 2 aliphatic rings. The minimum absolute atomic E-state index is 0. The van der Waals surface area contributed by atoms with Gasteiger partial charge in [0.05, 0.1) is 6.54 Å². The van der Waals surface area contributed by atoms with Crippen LogP contribution in [0.15, 0.2) is 4.99 Å². The first kappa shape index (κ1) is 24.5. The number of guanidine groups is 1. The summed E-state index contributed by atoms with van der Waals surface area (Å²) in [4.78, 5) is 21.1. The fraction of sp³-hybridized carbons (Fsp3) is 0.900. The number of carbonyl (C=O) groups is 1. The maximum atomic E-state index is 11.7. The van der Waals surface area contributed by atoms with E-state index in [9.17, 15) is 4.79 Å². The zero-order valence-electron chi connectivity index (χ0n) is 17.5. The van der Waals surface area contributed by atoms with Gasteiger partial charge in [0, 0.05) is 38.6 Å². The zero-order valence-corrected chi connectivity index (χ0v) is 19.8. The summed E-state index contributed by atoms with van der Waals surface area (Å²) in [6.45, 7) is 13.5. The van der Waals surface area contributed by atoms with Gasteiger partial charge in [0.25, 0.3) is 0 Å². The van der Waals surface area contributed by atoms with Crippen LogP contribution in [0.2, 0.25) is 0 Å². The molecule has 0 saturated carbocycles. The Morgan fingerprint density at radius 3 is 2.48 bits per heavy atom. The predicted molar refractivity (Wildman–Crippen MR) is 124 cm³/mol. The lowest BCUT2D eigenvalue weighted by molar-refractivity contribution is -0.127. The van der Waals surface area contributed by atoms with Gasteiger partial charge in [-0.2, -0.15) is 0 Å². The van der Waals surface area contributed by atoms with Crippen LogP contribution in [0.1, 0.15) is 59.3 Å². The monoisotopic (exact) mass is 493 g/mol. The van der Waals surface area contributed by atoms with Crippen molar-refractivity contribution < 1.29 is 4.79 Å². The smallest absolute Gasteiger partial charge is 0.222 e. The summed E-state index contributed by atoms with van der Waals surface area (Å²) in [7, 11) is 0. The van der Waals surface area contributed by atoms with E-state index in [1.165, 1.54) is 32.4 Å². The van der Waals surface area contributed by atoms with E-state index in [1.807, 2.05) is 4.90 Å². The van der Waals surface area contributed by atoms with Gasteiger partial charge in [-0.25, -0.2) is 0 Å². The normalized spacial score (nSPS) is 19.5. The highest BCUT2D eigenvalue weighted by Crippen LogP contribution is 2.18. The molecule has 0 spiro atoms. The number of amides is 1. The fourth-order valence-electron chi connectivity index (χ4n) is 3.95. The third kappa shape index (κ3) is 8.98. The van der Waals surface area contributed by atoms with Crippen LogP contribution in [-0.2, 0) is 4.79 Å². The number of carbonyl (C=O) groups excluding carboxylic acids is 1. The van der Waals surface area contributed by atoms with E-state index < -0.39 is 0 Å². The van der Waals surface area contributed by atoms with Gasteiger partial charge in [-0.1, -0.05) is 13.8 Å². The van der Waals surface area contributed by atoms with Crippen molar-refractivity contribution in [1.82, 2.24) is 20.4 Å². The molecule has 7 heteroatoms. The Hall–Kier alpha value is -0.570. The Labute approximate surface area is 182 Å². The predicted octanol–water partition coefficient (Wildman–Crippen LogP) is 2.68. The summed E-state index contributed by atoms with van der Waals surface area (Å²) in [6, 6.07) is 0.551. The highest BCUT2D eigenvalue weighted by molar-refractivity contribution is 14.0. The molecule has 27 heavy (non-hydrogen) atoms. The molecule has 2 N–H and O–H groups in total. The number of halogens is 1. The summed E-state index contributed by atoms with van der Waals surface area (Å²) < 4.78 is 0. The van der Waals surface area contributed by atoms with E-state index in [0.717, 1.165) is 57.9 Å². The molecule has 0 bridgehead atoms. The van der Waals surface area contributed by atoms with Crippen LogP contribution >= 0.6 is 24.0 Å². The quantitative estimate of drug-likeness (QED) is 0.213. The molecule has 0 aromatic carbocycles. The summed E-state index contributed by atoms with van der Waals surface area (Å²) in [5.41, 5.74) is 0. The van der Waals surface area contributed by atoms with Crippen molar-refractivity contribution in [2.75, 3.05) is 45.8 Å². The van der Waals surface area contributed by atoms with Crippen molar-refractivity contribution in [1.29, 1.82) is 0 Å². The first-order valence-corrected chi connectivity index (χ1v) is 10.6. The first-order chi connectivity index (χ1) is 12.6. The van der Waals surface area contributed by atoms with Gasteiger partial charge in [-0.3, -0.25) is 14.7 Å². The number of likely N-dealkylation sites (tertiary alicyclic amines) is 2. The van der Waals surface area contributed by atoms with Crippen molar-refractivity contribution in [2.24, 2.45) is 10.9 Å². The topological polar surface area (TPSA) is 60.0 Å². The number of hydrogen-bond acceptors (Lipinski definition) is 3. The lowest BCUT2D eigenvalue weighted by Gasteiger charge is -2.28. The highest BCUT2D eigenvalue weighted by Gasteiger charge is 2.22. The molecule has 2 saturated heterocycles. The molecule has 6 nitrogen and oxygen atoms in total. The third-order valence-electron chi connectivity index (χ3n) is 5.27. The van der Waals surface area contributed by atoms with Gasteiger partial charge in [0.1, 0.15) is 0 Å². The Bertz CT molecular complexity index is 452. The standard InChI is InChI=1S/C20H39N5O.HI/c1-4-21-20(22-10-8-14-25-13-7-9-19(25)26)23-16-18(15-17(2)3)24-11-5-6-12-24;/h17-18H,4-16H2,1-3H3,(H2,21,22,23);1H. The first-order valence-electron chi connectivity index (χ1n) is 10.6. The summed E-state index contributed by atoms with van der Waals surface area (Å²) in [5, 5.41) is 6.80. The van der Waals surface area contributed by atoms with Gasteiger partial charge in [-0.15, -0.1) is 24.0 Å². The summed E-state index contributed by atoms with van der Waals surface area (Å²) in [6.07, 6.45) is 6.57. The number of nitrogens with zero attached hydrogens (tertiary/aromatic N) is 3. The maximum absolute atomic E-state index is 11.7. The largest absolute Gasteiger partial charge is 0.357 e. The van der Waals surface area contributed by atoms with Crippen molar-refractivity contribution >= 4 is 35.8 Å². The lowest BCUT2D eigenvalue weighted by Crippen LogP contribution is -2.41. The van der Waals surface area contributed by atoms with Crippen LogP contribution < -0.4 is 10.6 Å². The van der Waals surface area contributed by atoms with Gasteiger partial charge < -0.3 is 15.5 Å². The Morgan fingerprint density at radius 2 is 1.89 bits per heavy atom. The number of nitrogens with one attached hydrogen (secondary N) is 2. The second-order valence-corrected chi connectivity index (χ2v) is 8.01.